The number of pyridine rings is 1. The highest BCUT2D eigenvalue weighted by atomic mass is 32.1. The number of alkyl halides is 3. The van der Waals surface area contributed by atoms with Gasteiger partial charge in [0.1, 0.15) is 35.5 Å². The van der Waals surface area contributed by atoms with Gasteiger partial charge < -0.3 is 29.2 Å². The van der Waals surface area contributed by atoms with E-state index in [1.807, 2.05) is 27.7 Å². The number of aromatic nitrogens is 4. The Labute approximate surface area is 434 Å². The predicted molar refractivity (Wildman–Crippen MR) is 272 cm³/mol. The molecule has 4 aliphatic rings. The van der Waals surface area contributed by atoms with Crippen molar-refractivity contribution < 1.29 is 46.6 Å². The Hall–Kier alpha value is -5.95. The maximum absolute atomic E-state index is 14.7. The molecule has 3 fully saturated rings. The number of likely N-dealkylation sites (tertiary alicyclic amines) is 2. The molecule has 4 amide bonds. The first kappa shape index (κ1) is 54.3. The van der Waals surface area contributed by atoms with Gasteiger partial charge in [0.05, 0.1) is 35.6 Å². The fourth-order valence-corrected chi connectivity index (χ4v) is 11.2. The van der Waals surface area contributed by atoms with Crippen LogP contribution in [-0.4, -0.2) is 152 Å². The van der Waals surface area contributed by atoms with Crippen molar-refractivity contribution >= 4 is 52.0 Å². The predicted octanol–water partition coefficient (Wildman–Crippen LogP) is 5.96. The van der Waals surface area contributed by atoms with E-state index >= 15 is 0 Å². The molecule has 3 aromatic heterocycles. The number of benzene rings is 1. The summed E-state index contributed by atoms with van der Waals surface area (Å²) in [5.74, 6) is 2.68. The van der Waals surface area contributed by atoms with Crippen LogP contribution in [0, 0.1) is 29.1 Å². The molecular weight excluding hydrogens is 978 g/mol. The van der Waals surface area contributed by atoms with Crippen LogP contribution in [0.3, 0.4) is 0 Å². The van der Waals surface area contributed by atoms with Gasteiger partial charge in [-0.3, -0.25) is 38.9 Å². The summed E-state index contributed by atoms with van der Waals surface area (Å²) in [5, 5.41) is 5.18. The number of hydrazine groups is 1. The number of nitrogens with zero attached hydrogens (tertiary/aromatic N) is 8. The van der Waals surface area contributed by atoms with E-state index < -0.39 is 77.5 Å². The van der Waals surface area contributed by atoms with E-state index in [1.54, 1.807) is 69.2 Å². The normalized spacial score (nSPS) is 21.6. The molecular formula is C53H67F3N10O7S. The smallest absolute Gasteiger partial charge is 0.406 e. The lowest BCUT2D eigenvalue weighted by atomic mass is 9.84. The van der Waals surface area contributed by atoms with Crippen molar-refractivity contribution in [3.63, 3.8) is 0 Å². The number of ether oxygens (including phenoxy) is 2. The number of rotatable bonds is 10. The highest BCUT2D eigenvalue weighted by molar-refractivity contribution is 7.09. The van der Waals surface area contributed by atoms with E-state index in [2.05, 4.69) is 36.8 Å². The third-order valence-electron chi connectivity index (χ3n) is 14.7. The van der Waals surface area contributed by atoms with Gasteiger partial charge >= 0.3 is 12.1 Å². The van der Waals surface area contributed by atoms with Gasteiger partial charge in [-0.05, 0) is 112 Å². The average Bonchev–Trinajstić information content (AvgIpc) is 4.09. The zero-order valence-electron chi connectivity index (χ0n) is 43.6. The Morgan fingerprint density at radius 3 is 2.51 bits per heavy atom. The molecule has 8 rings (SSSR count). The number of carbonyl (C=O) groups is 5. The number of halogens is 3. The second kappa shape index (κ2) is 21.7. The molecule has 2 N–H and O–H groups in total. The van der Waals surface area contributed by atoms with Gasteiger partial charge in [0.2, 0.25) is 11.8 Å². The Morgan fingerprint density at radius 1 is 1.07 bits per heavy atom. The second-order valence-corrected chi connectivity index (χ2v) is 22.4. The van der Waals surface area contributed by atoms with Gasteiger partial charge in [0.15, 0.2) is 0 Å². The van der Waals surface area contributed by atoms with Crippen LogP contribution in [0.2, 0.25) is 0 Å². The molecule has 1 aromatic carbocycles. The van der Waals surface area contributed by atoms with Crippen LogP contribution in [0.1, 0.15) is 97.3 Å². The van der Waals surface area contributed by atoms with Gasteiger partial charge in [0.25, 0.3) is 11.8 Å². The SMILES string of the molecule is CO[C@@H](C)c1ncccc1-c1c2c3cc(ccc3n1CC(F)(F)F)-c1nc(ns1)C[C@H](NC(=O)[C@H](C(C)C)N(C)C(=O)[C@H]1CCN(C(=O)C#CC(C)(C)N3CCC3)C1)C(=O)N1CCC[C@H](N1)C(=O)OCC(C)(C)C2. The van der Waals surface area contributed by atoms with E-state index in [1.165, 1.54) is 21.6 Å². The summed E-state index contributed by atoms with van der Waals surface area (Å²) in [6.45, 7) is 14.3. The summed E-state index contributed by atoms with van der Waals surface area (Å²) in [5.41, 5.74) is 4.45. The van der Waals surface area contributed by atoms with Crippen LogP contribution in [0.5, 0.6) is 0 Å². The van der Waals surface area contributed by atoms with Crippen LogP contribution < -0.4 is 10.7 Å². The van der Waals surface area contributed by atoms with Crippen molar-refractivity contribution in [2.45, 2.75) is 129 Å². The largest absolute Gasteiger partial charge is 0.464 e. The third-order valence-corrected chi connectivity index (χ3v) is 15.5. The molecule has 4 aliphatic heterocycles. The monoisotopic (exact) mass is 1040 g/mol. The van der Waals surface area contributed by atoms with Gasteiger partial charge in [0, 0.05) is 86.9 Å². The lowest BCUT2D eigenvalue weighted by molar-refractivity contribution is -0.155. The molecule has 6 bridgehead atoms. The number of hydrogen-bond acceptors (Lipinski definition) is 13. The minimum atomic E-state index is -4.61. The lowest BCUT2D eigenvalue weighted by Crippen LogP contribution is -2.62. The molecule has 17 nitrogen and oxygen atoms in total. The van der Waals surface area contributed by atoms with Crippen LogP contribution >= 0.6 is 11.5 Å². The van der Waals surface area contributed by atoms with Gasteiger partial charge in [-0.2, -0.15) is 17.5 Å². The number of methoxy groups -OCH3 is 1. The van der Waals surface area contributed by atoms with Crippen molar-refractivity contribution in [1.82, 2.24) is 49.4 Å². The maximum atomic E-state index is 14.7. The molecule has 0 saturated carbocycles. The molecule has 7 heterocycles. The lowest BCUT2D eigenvalue weighted by Gasteiger charge is -2.41. The minimum Gasteiger partial charge on any atom is -0.464 e. The van der Waals surface area contributed by atoms with Crippen molar-refractivity contribution in [2.75, 3.05) is 53.5 Å². The number of cyclic esters (lactones) is 1. The van der Waals surface area contributed by atoms with Crippen molar-refractivity contribution in [1.29, 1.82) is 0 Å². The summed E-state index contributed by atoms with van der Waals surface area (Å²) in [6, 6.07) is 5.28. The van der Waals surface area contributed by atoms with E-state index in [0.717, 1.165) is 31.0 Å². The van der Waals surface area contributed by atoms with E-state index in [9.17, 15) is 37.1 Å². The molecule has 4 aromatic rings. The molecule has 0 unspecified atom stereocenters. The Morgan fingerprint density at radius 2 is 1.82 bits per heavy atom. The van der Waals surface area contributed by atoms with E-state index in [-0.39, 0.29) is 50.2 Å². The maximum Gasteiger partial charge on any atom is 0.406 e. The van der Waals surface area contributed by atoms with Crippen LogP contribution in [0.25, 0.3) is 32.7 Å². The number of hydrogen-bond donors (Lipinski definition) is 2. The average molecular weight is 1050 g/mol. The van der Waals surface area contributed by atoms with Crippen molar-refractivity contribution in [3.05, 3.63) is 53.6 Å². The summed E-state index contributed by atoms with van der Waals surface area (Å²) < 4.78 is 61.6. The van der Waals surface area contributed by atoms with Crippen LogP contribution in [0.4, 0.5) is 13.2 Å². The zero-order valence-corrected chi connectivity index (χ0v) is 44.4. The molecule has 3 saturated heterocycles. The highest BCUT2D eigenvalue weighted by Gasteiger charge is 2.41. The fourth-order valence-electron chi connectivity index (χ4n) is 10.5. The topological polar surface area (TPSA) is 184 Å². The zero-order chi connectivity index (χ0) is 53.4. The summed E-state index contributed by atoms with van der Waals surface area (Å²) in [7, 11) is 3.06. The molecule has 5 atom stereocenters. The summed E-state index contributed by atoms with van der Waals surface area (Å²) >= 11 is 1.04. The van der Waals surface area contributed by atoms with Crippen LogP contribution in [0.15, 0.2) is 36.5 Å². The Kier molecular flexibility index (Phi) is 15.9. The molecule has 398 valence electrons. The fraction of sp³-hybridized carbons (Fsp3) is 0.585. The van der Waals surface area contributed by atoms with Crippen molar-refractivity contribution in [3.8, 4) is 33.7 Å². The molecule has 74 heavy (non-hydrogen) atoms. The Balaban J connectivity index is 1.12. The first-order chi connectivity index (χ1) is 34.9. The van der Waals surface area contributed by atoms with E-state index in [4.69, 9.17) is 14.5 Å². The second-order valence-electron chi connectivity index (χ2n) is 21.6. The number of nitrogens with one attached hydrogen (secondary N) is 2. The molecule has 0 aliphatic carbocycles. The molecule has 0 spiro atoms. The van der Waals surface area contributed by atoms with E-state index in [0.29, 0.717) is 69.8 Å². The Bertz CT molecular complexity index is 2850. The van der Waals surface area contributed by atoms with Gasteiger partial charge in [-0.1, -0.05) is 33.6 Å². The third kappa shape index (κ3) is 11.8. The number of likely N-dealkylation sites (N-methyl/N-ethyl adjacent to an activating group) is 1. The number of fused-ring (bicyclic) bond motifs is 6. The quantitative estimate of drug-likeness (QED) is 0.141. The molecule has 21 heteroatoms. The van der Waals surface area contributed by atoms with Gasteiger partial charge in [-0.15, -0.1) is 0 Å². The summed E-state index contributed by atoms with van der Waals surface area (Å²) in [6.07, 6.45) is -1.35. The summed E-state index contributed by atoms with van der Waals surface area (Å²) in [4.78, 5) is 85.2. The van der Waals surface area contributed by atoms with Crippen LogP contribution in [-0.2, 0) is 52.8 Å². The molecule has 0 radical (unpaired) electrons. The number of esters is 1. The minimum absolute atomic E-state index is 0.112. The van der Waals surface area contributed by atoms with Crippen molar-refractivity contribution in [2.24, 2.45) is 17.3 Å². The first-order valence-corrected chi connectivity index (χ1v) is 26.1. The standard InChI is InChI=1S/C53H67F3N10O7S/c1-31(2)44(62(8)48(69)34-18-24-63(28-34)42(67)17-19-52(6,7)64-21-12-22-64)46(68)58-39-26-41-59-47(74-61-41)33-15-16-40-36(25-33)37(27-51(4,5)30-73-50(71)38-14-11-23-66(60-38)49(39)70)45(65(40)29-53(54,55)56)35-13-10-20-57-43(35)32(3)72-9/h10,13,15-16,20,25,31-32,34,38-39,44,60H,11-12,14,18,21-24,26-30H2,1-9H3,(H,58,68)/t32-,34-,38-,39-,44-/m0/s1. The number of carbonyl (C=O) groups excluding carboxylic acids is 5. The van der Waals surface area contributed by atoms with Gasteiger partial charge in [-0.25, -0.2) is 10.4 Å². The highest BCUT2D eigenvalue weighted by Crippen LogP contribution is 2.43. The first-order valence-electron chi connectivity index (χ1n) is 25.4. The number of amides is 4.